The topological polar surface area (TPSA) is 148 Å². The predicted octanol–water partition coefficient (Wildman–Crippen LogP) is 17.8. The van der Waals surface area contributed by atoms with Crippen LogP contribution in [0.15, 0.2) is 170 Å². The van der Waals surface area contributed by atoms with Crippen molar-refractivity contribution in [1.82, 2.24) is 19.6 Å². The quantitative estimate of drug-likeness (QED) is 0.0356. The van der Waals surface area contributed by atoms with Gasteiger partial charge < -0.3 is 59.0 Å². The van der Waals surface area contributed by atoms with Crippen molar-refractivity contribution in [3.05, 3.63) is 260 Å². The van der Waals surface area contributed by atoms with Gasteiger partial charge in [0.2, 0.25) is 0 Å². The van der Waals surface area contributed by atoms with Gasteiger partial charge >= 0.3 is 0 Å². The van der Waals surface area contributed by atoms with Crippen molar-refractivity contribution in [2.45, 2.75) is 143 Å². The summed E-state index contributed by atoms with van der Waals surface area (Å²) >= 11 is 0. The Morgan fingerprint density at radius 2 is 0.670 bits per heavy atom. The summed E-state index contributed by atoms with van der Waals surface area (Å²) in [7, 11) is 4.95. The smallest absolute Gasteiger partial charge is 0.169 e. The molecule has 0 aromatic heterocycles. The standard InChI is InChI=1S/2C22H28FNO2.C22H26FNO2.C21H26FNO2.C4H8O.CH4/c3*1-16-4-3-5-20(22(16)26-2)21(25)18-11-14-24(15-12-18)13-10-17-6-8-19(23)9-7-17;1-15-3-2-4-19(20(15)24)21(25)17-10-13-23(14-11-17)12-9-16-5-7-18(22)8-6-16;1-2-4-5-3-1;/h2*3-9,18,21,25H,10-15H2,1-2H3;3-9,18H,10-15H2,1-2H3;2-8,17,21,24-25H,9-14H2,1H3;1-4H2;1H4/t21-;;;;;/m1...../s1. The van der Waals surface area contributed by atoms with E-state index in [1.807, 2.05) is 149 Å². The highest BCUT2D eigenvalue weighted by molar-refractivity contribution is 6.00. The van der Waals surface area contributed by atoms with Gasteiger partial charge in [-0.2, -0.15) is 0 Å². The molecule has 5 aliphatic heterocycles. The van der Waals surface area contributed by atoms with E-state index >= 15 is 0 Å². The number of hydrogen-bond acceptors (Lipinski definition) is 13. The molecule has 0 saturated carbocycles. The molecule has 109 heavy (non-hydrogen) atoms. The SMILES string of the molecule is C.C1CCOC1.COc1c(C)cccc1C(=O)C1CCN(CCc2ccc(F)cc2)CC1.COc1c(C)cccc1C(O)C1CCN(CCc2ccc(F)cc2)CC1.COc1c(C)cccc1[C@H](O)C1CCN(CCc2ccc(F)cc2)CC1.Cc1cccc(C(O)C2CCN(CCc3ccc(F)cc3)CC2)c1O. The highest BCUT2D eigenvalue weighted by atomic mass is 19.1. The summed E-state index contributed by atoms with van der Waals surface area (Å²) in [6, 6.07) is 50.1. The van der Waals surface area contributed by atoms with E-state index in [1.165, 1.54) is 61.4 Å². The Morgan fingerprint density at radius 1 is 0.394 bits per heavy atom. The summed E-state index contributed by atoms with van der Waals surface area (Å²) in [4.78, 5) is 22.6. The number of piperidine rings is 4. The van der Waals surface area contributed by atoms with Crippen molar-refractivity contribution in [2.75, 3.05) is 113 Å². The van der Waals surface area contributed by atoms with Gasteiger partial charge in [0.15, 0.2) is 5.78 Å². The molecule has 0 bridgehead atoms. The Morgan fingerprint density at radius 3 is 0.972 bits per heavy atom. The maximum absolute atomic E-state index is 13.0. The van der Waals surface area contributed by atoms with Crippen LogP contribution in [-0.4, -0.2) is 159 Å². The first-order valence-corrected chi connectivity index (χ1v) is 39.0. The maximum atomic E-state index is 13.0. The lowest BCUT2D eigenvalue weighted by atomic mass is 9.86. The second-order valence-corrected chi connectivity index (χ2v) is 29.7. The second kappa shape index (κ2) is 44.8. The lowest BCUT2D eigenvalue weighted by Crippen LogP contribution is -2.37. The zero-order valence-corrected chi connectivity index (χ0v) is 64.6. The van der Waals surface area contributed by atoms with E-state index < -0.39 is 18.3 Å². The van der Waals surface area contributed by atoms with Gasteiger partial charge in [-0.05, 0) is 287 Å². The summed E-state index contributed by atoms with van der Waals surface area (Å²) in [6.07, 6.45) is 12.1. The van der Waals surface area contributed by atoms with Crippen molar-refractivity contribution in [2.24, 2.45) is 23.7 Å². The number of carbonyl (C=O) groups excluding carboxylic acids is 1. The number of aromatic hydroxyl groups is 1. The first kappa shape index (κ1) is 86.6. The third kappa shape index (κ3) is 26.3. The van der Waals surface area contributed by atoms with Crippen LogP contribution in [0, 0.1) is 74.6 Å². The van der Waals surface area contributed by atoms with E-state index in [2.05, 4.69) is 19.6 Å². The first-order valence-electron chi connectivity index (χ1n) is 39.0. The molecule has 8 aromatic rings. The summed E-state index contributed by atoms with van der Waals surface area (Å²) in [5, 5.41) is 42.6. The molecule has 590 valence electrons. The molecular weight excluding hydrogens is 1380 g/mol. The number of Topliss-reactive ketones (excluding diaryl/α,β-unsaturated/α-hetero) is 1. The van der Waals surface area contributed by atoms with Gasteiger partial charge in [-0.25, -0.2) is 17.6 Å². The molecule has 8 aromatic carbocycles. The zero-order chi connectivity index (χ0) is 76.9. The number of rotatable bonds is 23. The number of nitrogens with zero attached hydrogens (tertiary/aromatic N) is 4. The largest absolute Gasteiger partial charge is 0.507 e. The van der Waals surface area contributed by atoms with E-state index in [4.69, 9.17) is 18.9 Å². The number of methoxy groups -OCH3 is 3. The Kier molecular flexibility index (Phi) is 35.6. The number of ketones is 1. The number of ether oxygens (including phenoxy) is 4. The van der Waals surface area contributed by atoms with Crippen LogP contribution in [0.3, 0.4) is 0 Å². The number of likely N-dealkylation sites (tertiary alicyclic amines) is 4. The molecular formula is C92H120F4N4O9. The molecule has 0 amide bonds. The molecule has 13 rings (SSSR count). The fourth-order valence-electron chi connectivity index (χ4n) is 15.6. The average Bonchev–Trinajstić information content (AvgIpc) is 0.853. The van der Waals surface area contributed by atoms with Crippen LogP contribution in [-0.2, 0) is 30.4 Å². The Hall–Kier alpha value is -7.97. The highest BCUT2D eigenvalue weighted by Gasteiger charge is 2.33. The van der Waals surface area contributed by atoms with Crippen LogP contribution in [0.5, 0.6) is 23.0 Å². The molecule has 0 aliphatic carbocycles. The minimum Gasteiger partial charge on any atom is -0.507 e. The van der Waals surface area contributed by atoms with E-state index in [0.29, 0.717) is 16.9 Å². The molecule has 0 spiro atoms. The Bertz CT molecular complexity index is 3830. The molecule has 13 nitrogen and oxygen atoms in total. The average molecular weight is 1500 g/mol. The Labute approximate surface area is 646 Å². The highest BCUT2D eigenvalue weighted by Crippen LogP contribution is 2.40. The monoisotopic (exact) mass is 1500 g/mol. The number of hydrogen-bond donors (Lipinski definition) is 4. The number of phenolic OH excluding ortho intramolecular Hbond substituents is 1. The van der Waals surface area contributed by atoms with Crippen LogP contribution in [0.2, 0.25) is 0 Å². The van der Waals surface area contributed by atoms with Gasteiger partial charge in [-0.1, -0.05) is 123 Å². The van der Waals surface area contributed by atoms with Crippen molar-refractivity contribution in [1.29, 1.82) is 0 Å². The summed E-state index contributed by atoms with van der Waals surface area (Å²) in [5.41, 5.74) is 11.7. The van der Waals surface area contributed by atoms with Crippen LogP contribution < -0.4 is 14.2 Å². The van der Waals surface area contributed by atoms with Crippen LogP contribution in [0.4, 0.5) is 17.6 Å². The number of carbonyl (C=O) groups is 1. The van der Waals surface area contributed by atoms with Crippen LogP contribution in [0.1, 0.15) is 162 Å². The number of benzene rings is 8. The number of para-hydroxylation sites is 4. The van der Waals surface area contributed by atoms with E-state index in [0.717, 1.165) is 236 Å². The summed E-state index contributed by atoms with van der Waals surface area (Å²) < 4.78 is 73.3. The second-order valence-electron chi connectivity index (χ2n) is 29.7. The van der Waals surface area contributed by atoms with Gasteiger partial charge in [-0.3, -0.25) is 4.79 Å². The fourth-order valence-corrected chi connectivity index (χ4v) is 15.6. The molecule has 5 fully saturated rings. The van der Waals surface area contributed by atoms with Crippen molar-refractivity contribution < 1.29 is 61.7 Å². The van der Waals surface area contributed by atoms with Gasteiger partial charge in [0.25, 0.3) is 0 Å². The zero-order valence-electron chi connectivity index (χ0n) is 64.6. The van der Waals surface area contributed by atoms with Gasteiger partial charge in [0, 0.05) is 62.0 Å². The number of aliphatic hydroxyl groups excluding tert-OH is 3. The lowest BCUT2D eigenvalue weighted by Gasteiger charge is -2.34. The molecule has 4 N–H and O–H groups in total. The van der Waals surface area contributed by atoms with Gasteiger partial charge in [0.1, 0.15) is 46.3 Å². The van der Waals surface area contributed by atoms with Gasteiger partial charge in [-0.15, -0.1) is 0 Å². The van der Waals surface area contributed by atoms with E-state index in [-0.39, 0.29) is 65.9 Å². The minimum atomic E-state index is -0.612. The number of aliphatic hydroxyl groups is 3. The number of aryl methyl sites for hydroxylation is 4. The minimum absolute atomic E-state index is 0. The number of phenols is 1. The molecule has 2 unspecified atom stereocenters. The fraction of sp³-hybridized carbons (Fsp3) is 0.467. The molecule has 5 heterocycles. The van der Waals surface area contributed by atoms with Crippen LogP contribution in [0.25, 0.3) is 0 Å². The molecule has 0 radical (unpaired) electrons. The molecule has 5 aliphatic rings. The molecule has 3 atom stereocenters. The van der Waals surface area contributed by atoms with Crippen molar-refractivity contribution >= 4 is 5.78 Å². The third-order valence-corrected chi connectivity index (χ3v) is 22.3. The van der Waals surface area contributed by atoms with Gasteiger partial charge in [0.05, 0.1) is 45.2 Å². The third-order valence-electron chi connectivity index (χ3n) is 22.3. The predicted molar refractivity (Wildman–Crippen MR) is 429 cm³/mol. The maximum Gasteiger partial charge on any atom is 0.169 e. The van der Waals surface area contributed by atoms with E-state index in [1.54, 1.807) is 21.3 Å². The molecule has 17 heteroatoms. The number of halogens is 4. The molecule has 5 saturated heterocycles. The first-order chi connectivity index (χ1) is 52.3. The lowest BCUT2D eigenvalue weighted by molar-refractivity contribution is 0.0573. The van der Waals surface area contributed by atoms with Crippen molar-refractivity contribution in [3.63, 3.8) is 0 Å². The van der Waals surface area contributed by atoms with E-state index in [9.17, 15) is 42.8 Å². The van der Waals surface area contributed by atoms with Crippen molar-refractivity contribution in [3.8, 4) is 23.0 Å². The normalized spacial score (nSPS) is 17.1. The summed E-state index contributed by atoms with van der Waals surface area (Å²) in [6.45, 7) is 21.3. The summed E-state index contributed by atoms with van der Waals surface area (Å²) in [5.74, 6) is 2.72. The Balaban J connectivity index is 0.000000178. The van der Waals surface area contributed by atoms with Crippen LogP contribution >= 0.6 is 0 Å².